The normalized spacial score (nSPS) is 12.4. The van der Waals surface area contributed by atoms with E-state index < -0.39 is 0 Å². The van der Waals surface area contributed by atoms with Crippen molar-refractivity contribution in [2.75, 3.05) is 6.61 Å². The summed E-state index contributed by atoms with van der Waals surface area (Å²) < 4.78 is 5.36. The summed E-state index contributed by atoms with van der Waals surface area (Å²) in [4.78, 5) is 4.58. The lowest BCUT2D eigenvalue weighted by Gasteiger charge is -2.17. The maximum absolute atomic E-state index is 9.26. The van der Waals surface area contributed by atoms with Crippen molar-refractivity contribution >= 4 is 11.3 Å². The van der Waals surface area contributed by atoms with E-state index in [4.69, 9.17) is 4.42 Å². The van der Waals surface area contributed by atoms with Crippen LogP contribution in [0.5, 0.6) is 0 Å². The Morgan fingerprint density at radius 2 is 2.05 bits per heavy atom. The van der Waals surface area contributed by atoms with Crippen LogP contribution in [0.25, 0.3) is 10.8 Å². The SMILES string of the molecule is OCC[C@@H](NCc1csc(-c2ccco2)n1)c1ccccc1. The van der Waals surface area contributed by atoms with E-state index in [0.717, 1.165) is 16.5 Å². The monoisotopic (exact) mass is 314 g/mol. The van der Waals surface area contributed by atoms with Gasteiger partial charge in [0.15, 0.2) is 10.8 Å². The highest BCUT2D eigenvalue weighted by Gasteiger charge is 2.12. The summed E-state index contributed by atoms with van der Waals surface area (Å²) >= 11 is 1.57. The minimum absolute atomic E-state index is 0.125. The maximum atomic E-state index is 9.26. The lowest BCUT2D eigenvalue weighted by molar-refractivity contribution is 0.265. The molecule has 2 heterocycles. The highest BCUT2D eigenvalue weighted by molar-refractivity contribution is 7.13. The third-order valence-electron chi connectivity index (χ3n) is 3.43. The molecule has 0 aliphatic rings. The highest BCUT2D eigenvalue weighted by Crippen LogP contribution is 2.24. The summed E-state index contributed by atoms with van der Waals surface area (Å²) in [6.45, 7) is 0.818. The molecule has 0 amide bonds. The fourth-order valence-corrected chi connectivity index (χ4v) is 3.12. The zero-order valence-electron chi connectivity index (χ0n) is 12.1. The molecule has 0 saturated heterocycles. The number of benzene rings is 1. The van der Waals surface area contributed by atoms with E-state index in [1.807, 2.05) is 35.7 Å². The van der Waals surface area contributed by atoms with Gasteiger partial charge >= 0.3 is 0 Å². The van der Waals surface area contributed by atoms with Gasteiger partial charge < -0.3 is 14.8 Å². The lowest BCUT2D eigenvalue weighted by Crippen LogP contribution is -2.22. The molecular weight excluding hydrogens is 296 g/mol. The van der Waals surface area contributed by atoms with Gasteiger partial charge in [-0.1, -0.05) is 30.3 Å². The molecular formula is C17H18N2O2S. The van der Waals surface area contributed by atoms with Crippen LogP contribution in [0.1, 0.15) is 23.7 Å². The molecule has 0 saturated carbocycles. The molecule has 22 heavy (non-hydrogen) atoms. The molecule has 3 aromatic rings. The van der Waals surface area contributed by atoms with Crippen LogP contribution in [-0.4, -0.2) is 16.7 Å². The molecule has 0 aliphatic carbocycles. The van der Waals surface area contributed by atoms with Crippen molar-refractivity contribution < 1.29 is 9.52 Å². The second-order valence-electron chi connectivity index (χ2n) is 4.98. The van der Waals surface area contributed by atoms with Gasteiger partial charge in [-0.05, 0) is 24.1 Å². The smallest absolute Gasteiger partial charge is 0.162 e. The average Bonchev–Trinajstić information content (AvgIpc) is 3.23. The first-order chi connectivity index (χ1) is 10.9. The fourth-order valence-electron chi connectivity index (χ4n) is 2.33. The maximum Gasteiger partial charge on any atom is 0.162 e. The standard InChI is InChI=1S/C17H18N2O2S/c20-9-8-15(13-5-2-1-3-6-13)18-11-14-12-22-17(19-14)16-7-4-10-21-16/h1-7,10,12,15,18,20H,8-9,11H2/t15-/m1/s1. The predicted octanol–water partition coefficient (Wildman–Crippen LogP) is 3.62. The lowest BCUT2D eigenvalue weighted by atomic mass is 10.0. The highest BCUT2D eigenvalue weighted by atomic mass is 32.1. The number of hydrogen-bond acceptors (Lipinski definition) is 5. The molecule has 1 atom stereocenters. The summed E-state index contributed by atoms with van der Waals surface area (Å²) in [5.41, 5.74) is 2.16. The van der Waals surface area contributed by atoms with Crippen molar-refractivity contribution in [1.82, 2.24) is 10.3 Å². The van der Waals surface area contributed by atoms with Crippen molar-refractivity contribution in [2.24, 2.45) is 0 Å². The van der Waals surface area contributed by atoms with E-state index in [1.54, 1.807) is 17.6 Å². The minimum Gasteiger partial charge on any atom is -0.462 e. The third kappa shape index (κ3) is 3.62. The molecule has 2 aromatic heterocycles. The van der Waals surface area contributed by atoms with Gasteiger partial charge in [-0.2, -0.15) is 0 Å². The van der Waals surface area contributed by atoms with E-state index in [2.05, 4.69) is 22.4 Å². The second kappa shape index (κ2) is 7.35. The molecule has 4 nitrogen and oxygen atoms in total. The van der Waals surface area contributed by atoms with Crippen molar-refractivity contribution in [3.8, 4) is 10.8 Å². The second-order valence-corrected chi connectivity index (χ2v) is 5.84. The quantitative estimate of drug-likeness (QED) is 0.699. The Hall–Kier alpha value is -1.95. The van der Waals surface area contributed by atoms with Crippen LogP contribution in [-0.2, 0) is 6.54 Å². The number of thiazole rings is 1. The van der Waals surface area contributed by atoms with Crippen molar-refractivity contribution in [3.63, 3.8) is 0 Å². The van der Waals surface area contributed by atoms with Gasteiger partial charge in [-0.15, -0.1) is 11.3 Å². The number of nitrogens with one attached hydrogen (secondary N) is 1. The van der Waals surface area contributed by atoms with Crippen LogP contribution >= 0.6 is 11.3 Å². The Balaban J connectivity index is 1.65. The third-order valence-corrected chi connectivity index (χ3v) is 4.34. The van der Waals surface area contributed by atoms with Crippen LogP contribution in [0.2, 0.25) is 0 Å². The van der Waals surface area contributed by atoms with Crippen molar-refractivity contribution in [2.45, 2.75) is 19.0 Å². The Kier molecular flexibility index (Phi) is 5.00. The Morgan fingerprint density at radius 3 is 2.77 bits per heavy atom. The topological polar surface area (TPSA) is 58.3 Å². The number of aliphatic hydroxyl groups is 1. The van der Waals surface area contributed by atoms with Gasteiger partial charge in [0, 0.05) is 24.6 Å². The number of furan rings is 1. The van der Waals surface area contributed by atoms with E-state index in [9.17, 15) is 5.11 Å². The van der Waals surface area contributed by atoms with Crippen LogP contribution < -0.4 is 5.32 Å². The van der Waals surface area contributed by atoms with E-state index >= 15 is 0 Å². The fraction of sp³-hybridized carbons (Fsp3) is 0.235. The molecule has 0 unspecified atom stereocenters. The van der Waals surface area contributed by atoms with Gasteiger partial charge in [0.25, 0.3) is 0 Å². The van der Waals surface area contributed by atoms with Crippen molar-refractivity contribution in [1.29, 1.82) is 0 Å². The molecule has 0 aliphatic heterocycles. The minimum atomic E-state index is 0.125. The molecule has 2 N–H and O–H groups in total. The number of aromatic nitrogens is 1. The zero-order valence-corrected chi connectivity index (χ0v) is 12.9. The number of aliphatic hydroxyl groups excluding tert-OH is 1. The molecule has 0 spiro atoms. The first-order valence-electron chi connectivity index (χ1n) is 7.24. The van der Waals surface area contributed by atoms with E-state index in [1.165, 1.54) is 5.56 Å². The van der Waals surface area contributed by atoms with E-state index in [-0.39, 0.29) is 12.6 Å². The van der Waals surface area contributed by atoms with Crippen LogP contribution in [0, 0.1) is 0 Å². The molecule has 1 aromatic carbocycles. The number of nitrogens with zero attached hydrogens (tertiary/aromatic N) is 1. The van der Waals surface area contributed by atoms with Gasteiger partial charge in [0.2, 0.25) is 0 Å². The molecule has 3 rings (SSSR count). The van der Waals surface area contributed by atoms with Crippen molar-refractivity contribution in [3.05, 3.63) is 65.4 Å². The molecule has 114 valence electrons. The molecule has 0 fully saturated rings. The summed E-state index contributed by atoms with van der Waals surface area (Å²) in [5.74, 6) is 0.797. The molecule has 0 bridgehead atoms. The zero-order chi connectivity index (χ0) is 15.2. The van der Waals surface area contributed by atoms with Gasteiger partial charge in [0.05, 0.1) is 12.0 Å². The Morgan fingerprint density at radius 1 is 1.18 bits per heavy atom. The first-order valence-corrected chi connectivity index (χ1v) is 8.12. The summed E-state index contributed by atoms with van der Waals surface area (Å²) in [5, 5.41) is 15.6. The summed E-state index contributed by atoms with van der Waals surface area (Å²) in [7, 11) is 0. The first kappa shape index (κ1) is 15.0. The largest absolute Gasteiger partial charge is 0.462 e. The van der Waals surface area contributed by atoms with Gasteiger partial charge in [-0.3, -0.25) is 0 Å². The molecule has 0 radical (unpaired) electrons. The summed E-state index contributed by atoms with van der Waals surface area (Å²) in [6.07, 6.45) is 2.33. The summed E-state index contributed by atoms with van der Waals surface area (Å²) in [6, 6.07) is 14.1. The molecule has 5 heteroatoms. The predicted molar refractivity (Wildman–Crippen MR) is 87.5 cm³/mol. The van der Waals surface area contributed by atoms with Crippen LogP contribution in [0.3, 0.4) is 0 Å². The van der Waals surface area contributed by atoms with Gasteiger partial charge in [-0.25, -0.2) is 4.98 Å². The van der Waals surface area contributed by atoms with E-state index in [0.29, 0.717) is 13.0 Å². The van der Waals surface area contributed by atoms with Gasteiger partial charge in [0.1, 0.15) is 0 Å². The Bertz CT molecular complexity index is 680. The number of rotatable bonds is 7. The number of hydrogen-bond donors (Lipinski definition) is 2. The average molecular weight is 314 g/mol. The van der Waals surface area contributed by atoms with Crippen LogP contribution in [0.4, 0.5) is 0 Å². The van der Waals surface area contributed by atoms with Crippen LogP contribution in [0.15, 0.2) is 58.5 Å². The Labute approximate surface area is 133 Å².